The Bertz CT molecular complexity index is 633. The maximum atomic E-state index is 5.16. The molecule has 1 aliphatic rings. The Morgan fingerprint density at radius 3 is 1.65 bits per heavy atom. The van der Waals surface area contributed by atoms with Crippen molar-refractivity contribution in [1.29, 1.82) is 0 Å². The number of hydrogen-bond acceptors (Lipinski definition) is 1. The van der Waals surface area contributed by atoms with E-state index >= 15 is 0 Å². The van der Waals surface area contributed by atoms with Gasteiger partial charge in [0.15, 0.2) is 0 Å². The Hall–Kier alpha value is -1.77. The van der Waals surface area contributed by atoms with E-state index in [0.717, 1.165) is 19.6 Å². The van der Waals surface area contributed by atoms with Gasteiger partial charge in [0.05, 0.1) is 0 Å². The number of hydrogen-bond donors (Lipinski definition) is 0. The van der Waals surface area contributed by atoms with E-state index in [1.54, 1.807) is 0 Å². The molecule has 1 saturated heterocycles. The van der Waals surface area contributed by atoms with Crippen LogP contribution in [-0.2, 0) is 0 Å². The first kappa shape index (κ1) is 16.1. The fourth-order valence-corrected chi connectivity index (χ4v) is 6.92. The molecule has 23 heavy (non-hydrogen) atoms. The zero-order chi connectivity index (χ0) is 16.3. The molecule has 2 aromatic carbocycles. The molecule has 0 atom stereocenters. The molecule has 0 N–H and O–H groups in total. The normalized spacial score (nSPS) is 16.9. The minimum absolute atomic E-state index is 0.818. The lowest BCUT2D eigenvalue weighted by atomic mass is 10.3. The van der Waals surface area contributed by atoms with Crippen molar-refractivity contribution in [2.45, 2.75) is 6.92 Å². The Morgan fingerprint density at radius 1 is 0.870 bits per heavy atom. The summed E-state index contributed by atoms with van der Waals surface area (Å²) < 4.78 is 12.5. The van der Waals surface area contributed by atoms with Gasteiger partial charge >= 0.3 is 0 Å². The van der Waals surface area contributed by atoms with Gasteiger partial charge < -0.3 is 9.34 Å². The van der Waals surface area contributed by atoms with E-state index in [1.165, 1.54) is 11.4 Å². The standard InChI is InChI=1S/C18H25N4P/c1-4-19-23(20(2)3)21(17-11-7-5-8-12-17)15-16-22(23)18-13-9-6-10-14-18/h5-14H,4,15-16H2,1-3H3. The smallest absolute Gasteiger partial charge is 0.217 e. The zero-order valence-corrected chi connectivity index (χ0v) is 15.0. The minimum atomic E-state index is -1.96. The van der Waals surface area contributed by atoms with E-state index in [0.29, 0.717) is 0 Å². The molecule has 5 heteroatoms. The molecule has 122 valence electrons. The summed E-state index contributed by atoms with van der Waals surface area (Å²) in [5, 5.41) is 0. The molecule has 0 aliphatic carbocycles. The summed E-state index contributed by atoms with van der Waals surface area (Å²) in [4.78, 5) is 0. The summed E-state index contributed by atoms with van der Waals surface area (Å²) in [6.45, 7) is 4.94. The third-order valence-electron chi connectivity index (χ3n) is 4.15. The summed E-state index contributed by atoms with van der Waals surface area (Å²) in [6, 6.07) is 21.3. The van der Waals surface area contributed by atoms with Gasteiger partial charge in [-0.2, -0.15) is 0 Å². The zero-order valence-electron chi connectivity index (χ0n) is 14.1. The van der Waals surface area contributed by atoms with Gasteiger partial charge in [-0.25, -0.2) is 4.67 Å². The van der Waals surface area contributed by atoms with Gasteiger partial charge in [-0.05, 0) is 45.3 Å². The monoisotopic (exact) mass is 328 g/mol. The Labute approximate surface area is 139 Å². The number of nitrogens with zero attached hydrogens (tertiary/aromatic N) is 4. The van der Waals surface area contributed by atoms with Crippen molar-refractivity contribution < 1.29 is 0 Å². The van der Waals surface area contributed by atoms with Crippen LogP contribution in [0.2, 0.25) is 0 Å². The predicted molar refractivity (Wildman–Crippen MR) is 101 cm³/mol. The second kappa shape index (κ2) is 6.77. The van der Waals surface area contributed by atoms with Crippen LogP contribution in [0.25, 0.3) is 0 Å². The van der Waals surface area contributed by atoms with Crippen molar-refractivity contribution in [3.63, 3.8) is 0 Å². The van der Waals surface area contributed by atoms with Crippen LogP contribution in [0.5, 0.6) is 0 Å². The molecule has 0 aromatic heterocycles. The molecule has 1 aliphatic heterocycles. The summed E-state index contributed by atoms with van der Waals surface area (Å²) >= 11 is 0. The third-order valence-corrected chi connectivity index (χ3v) is 8.04. The third kappa shape index (κ3) is 2.77. The van der Waals surface area contributed by atoms with Crippen molar-refractivity contribution in [1.82, 2.24) is 4.67 Å². The molecule has 4 nitrogen and oxygen atoms in total. The second-order valence-corrected chi connectivity index (χ2v) is 8.88. The quantitative estimate of drug-likeness (QED) is 0.769. The maximum absolute atomic E-state index is 5.16. The maximum Gasteiger partial charge on any atom is 0.217 e. The molecule has 3 rings (SSSR count). The Morgan fingerprint density at radius 2 is 1.30 bits per heavy atom. The van der Waals surface area contributed by atoms with Gasteiger partial charge in [0.2, 0.25) is 7.51 Å². The topological polar surface area (TPSA) is 22.1 Å². The van der Waals surface area contributed by atoms with Crippen LogP contribution in [0.3, 0.4) is 0 Å². The van der Waals surface area contributed by atoms with Gasteiger partial charge in [-0.15, -0.1) is 0 Å². The van der Waals surface area contributed by atoms with E-state index in [4.69, 9.17) is 4.74 Å². The molecule has 0 saturated carbocycles. The molecule has 2 aromatic rings. The highest BCUT2D eigenvalue weighted by Crippen LogP contribution is 2.63. The van der Waals surface area contributed by atoms with Crippen molar-refractivity contribution in [3.8, 4) is 0 Å². The van der Waals surface area contributed by atoms with Crippen LogP contribution >= 0.6 is 7.51 Å². The van der Waals surface area contributed by atoms with Gasteiger partial charge in [-0.1, -0.05) is 36.4 Å². The largest absolute Gasteiger partial charge is 0.309 e. The van der Waals surface area contributed by atoms with Gasteiger partial charge in [0.1, 0.15) is 0 Å². The van der Waals surface area contributed by atoms with Gasteiger partial charge in [0, 0.05) is 31.0 Å². The van der Waals surface area contributed by atoms with Crippen LogP contribution in [-0.4, -0.2) is 38.4 Å². The summed E-state index contributed by atoms with van der Waals surface area (Å²) in [5.74, 6) is 0. The minimum Gasteiger partial charge on any atom is -0.309 e. The lowest BCUT2D eigenvalue weighted by Crippen LogP contribution is -2.29. The molecule has 1 fully saturated rings. The van der Waals surface area contributed by atoms with Crippen molar-refractivity contribution >= 4 is 18.9 Å². The van der Waals surface area contributed by atoms with E-state index in [1.807, 2.05) is 0 Å². The van der Waals surface area contributed by atoms with Crippen LogP contribution in [0.15, 0.2) is 65.4 Å². The highest BCUT2D eigenvalue weighted by molar-refractivity contribution is 7.67. The first-order chi connectivity index (χ1) is 11.2. The number of para-hydroxylation sites is 2. The van der Waals surface area contributed by atoms with Gasteiger partial charge in [0.25, 0.3) is 0 Å². The molecule has 0 bridgehead atoms. The van der Waals surface area contributed by atoms with Crippen LogP contribution in [0.4, 0.5) is 11.4 Å². The van der Waals surface area contributed by atoms with E-state index in [-0.39, 0.29) is 0 Å². The Kier molecular flexibility index (Phi) is 4.74. The van der Waals surface area contributed by atoms with E-state index < -0.39 is 7.51 Å². The Balaban J connectivity index is 2.14. The predicted octanol–water partition coefficient (Wildman–Crippen LogP) is 4.54. The average Bonchev–Trinajstić information content (AvgIpc) is 2.97. The first-order valence-corrected chi connectivity index (χ1v) is 9.72. The number of anilines is 2. The summed E-state index contributed by atoms with van der Waals surface area (Å²) in [6.07, 6.45) is 0. The van der Waals surface area contributed by atoms with E-state index in [2.05, 4.69) is 95.7 Å². The first-order valence-electron chi connectivity index (χ1n) is 8.12. The summed E-state index contributed by atoms with van der Waals surface area (Å²) in [5.41, 5.74) is 2.51. The lowest BCUT2D eigenvalue weighted by molar-refractivity contribution is 0.660. The van der Waals surface area contributed by atoms with Crippen LogP contribution in [0, 0.1) is 0 Å². The molecule has 0 unspecified atom stereocenters. The van der Waals surface area contributed by atoms with Crippen LogP contribution < -0.4 is 9.34 Å². The molecule has 1 heterocycles. The summed E-state index contributed by atoms with van der Waals surface area (Å²) in [7, 11) is 2.36. The van der Waals surface area contributed by atoms with E-state index in [9.17, 15) is 0 Å². The molecule has 0 amide bonds. The SMILES string of the molecule is CCN=P1(N(C)C)N(c2ccccc2)CCN1c1ccccc1. The fourth-order valence-electron chi connectivity index (χ4n) is 3.26. The highest BCUT2D eigenvalue weighted by atomic mass is 31.2. The highest BCUT2D eigenvalue weighted by Gasteiger charge is 2.42. The number of benzene rings is 2. The fraction of sp³-hybridized carbons (Fsp3) is 0.333. The second-order valence-electron chi connectivity index (χ2n) is 5.76. The van der Waals surface area contributed by atoms with Crippen molar-refractivity contribution in [2.75, 3.05) is 43.1 Å². The average molecular weight is 328 g/mol. The van der Waals surface area contributed by atoms with Gasteiger partial charge in [-0.3, -0.25) is 4.74 Å². The molecular formula is C18H25N4P. The lowest BCUT2D eigenvalue weighted by Gasteiger charge is -2.41. The van der Waals surface area contributed by atoms with Crippen molar-refractivity contribution in [2.24, 2.45) is 4.74 Å². The molecule has 0 radical (unpaired) electrons. The molecule has 0 spiro atoms. The molecular weight excluding hydrogens is 303 g/mol. The number of rotatable bonds is 4. The van der Waals surface area contributed by atoms with Crippen LogP contribution in [0.1, 0.15) is 6.92 Å². The van der Waals surface area contributed by atoms with Crippen molar-refractivity contribution in [3.05, 3.63) is 60.7 Å².